The smallest absolute Gasteiger partial charge is 0.188 e. The van der Waals surface area contributed by atoms with Gasteiger partial charge in [-0.1, -0.05) is 12.8 Å². The van der Waals surface area contributed by atoms with Crippen molar-refractivity contribution in [2.45, 2.75) is 50.2 Å². The first-order chi connectivity index (χ1) is 9.12. The van der Waals surface area contributed by atoms with E-state index in [-0.39, 0.29) is 5.54 Å². The third kappa shape index (κ3) is 3.83. The van der Waals surface area contributed by atoms with E-state index in [9.17, 15) is 0 Å². The van der Waals surface area contributed by atoms with Crippen molar-refractivity contribution in [3.05, 3.63) is 0 Å². The van der Waals surface area contributed by atoms with Gasteiger partial charge in [-0.2, -0.15) is 0 Å². The van der Waals surface area contributed by atoms with E-state index in [1.54, 1.807) is 0 Å². The van der Waals surface area contributed by atoms with E-state index in [4.69, 9.17) is 10.5 Å². The second-order valence-electron chi connectivity index (χ2n) is 6.04. The fourth-order valence-corrected chi connectivity index (χ4v) is 3.09. The van der Waals surface area contributed by atoms with E-state index < -0.39 is 0 Å². The standard InChI is InChI=1S/C14H28N4O/c1-18(2)14(7-3-4-8-14)11-17-13(15)16-10-12-6-5-9-19-12/h12H,3-11H2,1-2H3,(H3,15,16,17). The molecule has 1 saturated heterocycles. The molecule has 0 amide bonds. The van der Waals surface area contributed by atoms with Crippen LogP contribution in [0, 0.1) is 0 Å². The van der Waals surface area contributed by atoms with Crippen molar-refractivity contribution in [3.63, 3.8) is 0 Å². The zero-order valence-corrected chi connectivity index (χ0v) is 12.3. The number of hydrogen-bond acceptors (Lipinski definition) is 3. The number of rotatable bonds is 5. The van der Waals surface area contributed by atoms with Gasteiger partial charge in [-0.05, 0) is 39.8 Å². The molecule has 1 atom stereocenters. The lowest BCUT2D eigenvalue weighted by Crippen LogP contribution is -2.46. The highest BCUT2D eigenvalue weighted by molar-refractivity contribution is 5.77. The van der Waals surface area contributed by atoms with E-state index in [2.05, 4.69) is 29.3 Å². The summed E-state index contributed by atoms with van der Waals surface area (Å²) < 4.78 is 5.56. The highest BCUT2D eigenvalue weighted by Crippen LogP contribution is 2.33. The van der Waals surface area contributed by atoms with Gasteiger partial charge in [0.05, 0.1) is 12.6 Å². The number of nitrogens with one attached hydrogen (secondary N) is 1. The van der Waals surface area contributed by atoms with E-state index in [0.717, 1.165) is 32.5 Å². The quantitative estimate of drug-likeness (QED) is 0.575. The molecule has 2 fully saturated rings. The summed E-state index contributed by atoms with van der Waals surface area (Å²) in [5.41, 5.74) is 6.17. The third-order valence-electron chi connectivity index (χ3n) is 4.56. The molecule has 0 spiro atoms. The number of ether oxygens (including phenoxy) is 1. The minimum absolute atomic E-state index is 0.218. The van der Waals surface area contributed by atoms with Crippen LogP contribution in [0.15, 0.2) is 4.99 Å². The molecule has 110 valence electrons. The van der Waals surface area contributed by atoms with Gasteiger partial charge in [0.2, 0.25) is 0 Å². The number of aliphatic imine (C=N–C) groups is 1. The maximum absolute atomic E-state index is 5.95. The Morgan fingerprint density at radius 3 is 2.68 bits per heavy atom. The molecule has 0 aromatic carbocycles. The monoisotopic (exact) mass is 268 g/mol. The van der Waals surface area contributed by atoms with Crippen molar-refractivity contribution in [2.75, 3.05) is 33.8 Å². The molecule has 1 heterocycles. The second-order valence-corrected chi connectivity index (χ2v) is 6.04. The Labute approximate surface area is 116 Å². The average molecular weight is 268 g/mol. The Bertz CT molecular complexity index is 305. The maximum atomic E-state index is 5.95. The van der Waals surface area contributed by atoms with Crippen LogP contribution in [-0.2, 0) is 4.74 Å². The number of nitrogens with two attached hydrogens (primary N) is 1. The first-order valence-electron chi connectivity index (χ1n) is 7.45. The van der Waals surface area contributed by atoms with Crippen LogP contribution in [0.3, 0.4) is 0 Å². The van der Waals surface area contributed by atoms with Crippen LogP contribution in [0.25, 0.3) is 0 Å². The lowest BCUT2D eigenvalue weighted by molar-refractivity contribution is 0.114. The summed E-state index contributed by atoms with van der Waals surface area (Å²) in [7, 11) is 4.30. The average Bonchev–Trinajstić information content (AvgIpc) is 3.05. The molecule has 2 rings (SSSR count). The Morgan fingerprint density at radius 2 is 2.11 bits per heavy atom. The molecule has 0 radical (unpaired) electrons. The zero-order valence-electron chi connectivity index (χ0n) is 12.3. The van der Waals surface area contributed by atoms with Gasteiger partial charge < -0.3 is 20.7 Å². The predicted molar refractivity (Wildman–Crippen MR) is 78.4 cm³/mol. The molecule has 0 bridgehead atoms. The molecule has 1 unspecified atom stereocenters. The third-order valence-corrected chi connectivity index (χ3v) is 4.56. The molecule has 3 N–H and O–H groups in total. The number of nitrogens with zero attached hydrogens (tertiary/aromatic N) is 2. The Hall–Kier alpha value is -0.810. The van der Waals surface area contributed by atoms with Crippen LogP contribution >= 0.6 is 0 Å². The van der Waals surface area contributed by atoms with Crippen molar-refractivity contribution in [3.8, 4) is 0 Å². The van der Waals surface area contributed by atoms with Gasteiger partial charge in [0.1, 0.15) is 0 Å². The van der Waals surface area contributed by atoms with E-state index >= 15 is 0 Å². The summed E-state index contributed by atoms with van der Waals surface area (Å²) in [6.45, 7) is 2.46. The van der Waals surface area contributed by atoms with Crippen LogP contribution in [-0.4, -0.2) is 56.3 Å². The molecule has 2 aliphatic rings. The Kier molecular flexibility index (Phi) is 5.05. The molecule has 1 aliphatic heterocycles. The van der Waals surface area contributed by atoms with Crippen molar-refractivity contribution in [1.29, 1.82) is 0 Å². The number of guanidine groups is 1. The zero-order chi connectivity index (χ0) is 13.7. The fraction of sp³-hybridized carbons (Fsp3) is 0.929. The van der Waals surface area contributed by atoms with Crippen molar-refractivity contribution in [1.82, 2.24) is 10.2 Å². The van der Waals surface area contributed by atoms with Crippen molar-refractivity contribution < 1.29 is 4.74 Å². The van der Waals surface area contributed by atoms with E-state index in [0.29, 0.717) is 12.1 Å². The van der Waals surface area contributed by atoms with Gasteiger partial charge in [0.25, 0.3) is 0 Å². The minimum Gasteiger partial charge on any atom is -0.376 e. The van der Waals surface area contributed by atoms with E-state index in [1.807, 2.05) is 0 Å². The van der Waals surface area contributed by atoms with Crippen LogP contribution in [0.5, 0.6) is 0 Å². The second kappa shape index (κ2) is 6.57. The number of hydrogen-bond donors (Lipinski definition) is 2. The molecular formula is C14H28N4O. The summed E-state index contributed by atoms with van der Waals surface area (Å²) in [5, 5.41) is 3.19. The molecule has 1 aliphatic carbocycles. The van der Waals surface area contributed by atoms with E-state index in [1.165, 1.54) is 25.7 Å². The largest absolute Gasteiger partial charge is 0.376 e. The van der Waals surface area contributed by atoms with Crippen molar-refractivity contribution >= 4 is 5.96 Å². The van der Waals surface area contributed by atoms with Crippen LogP contribution in [0.2, 0.25) is 0 Å². The lowest BCUT2D eigenvalue weighted by Gasteiger charge is -2.34. The summed E-state index contributed by atoms with van der Waals surface area (Å²) in [5.74, 6) is 0.559. The highest BCUT2D eigenvalue weighted by atomic mass is 16.5. The lowest BCUT2D eigenvalue weighted by atomic mass is 9.96. The molecule has 0 aromatic rings. The van der Waals surface area contributed by atoms with Crippen molar-refractivity contribution in [2.24, 2.45) is 10.7 Å². The summed E-state index contributed by atoms with van der Waals surface area (Å²) >= 11 is 0. The van der Waals surface area contributed by atoms with Gasteiger partial charge in [0, 0.05) is 18.7 Å². The molecule has 5 nitrogen and oxygen atoms in total. The topological polar surface area (TPSA) is 62.9 Å². The summed E-state index contributed by atoms with van der Waals surface area (Å²) in [4.78, 5) is 6.86. The van der Waals surface area contributed by atoms with Gasteiger partial charge >= 0.3 is 0 Å². The summed E-state index contributed by atoms with van der Waals surface area (Å²) in [6.07, 6.45) is 7.65. The molecule has 19 heavy (non-hydrogen) atoms. The minimum atomic E-state index is 0.218. The predicted octanol–water partition coefficient (Wildman–Crippen LogP) is 0.944. The SMILES string of the molecule is CN(C)C1(CN=C(N)NCC2CCCO2)CCCC1. The van der Waals surface area contributed by atoms with Gasteiger partial charge in [-0.25, -0.2) is 0 Å². The van der Waals surface area contributed by atoms with Crippen LogP contribution in [0.1, 0.15) is 38.5 Å². The number of likely N-dealkylation sites (N-methyl/N-ethyl adjacent to an activating group) is 1. The first kappa shape index (κ1) is 14.6. The molecule has 5 heteroatoms. The van der Waals surface area contributed by atoms with Gasteiger partial charge in [-0.3, -0.25) is 4.99 Å². The fourth-order valence-electron chi connectivity index (χ4n) is 3.09. The molecular weight excluding hydrogens is 240 g/mol. The first-order valence-corrected chi connectivity index (χ1v) is 7.45. The summed E-state index contributed by atoms with van der Waals surface area (Å²) in [6, 6.07) is 0. The maximum Gasteiger partial charge on any atom is 0.188 e. The van der Waals surface area contributed by atoms with Crippen LogP contribution < -0.4 is 11.1 Å². The highest BCUT2D eigenvalue weighted by Gasteiger charge is 2.35. The normalized spacial score (nSPS) is 27.1. The van der Waals surface area contributed by atoms with Gasteiger partial charge in [0.15, 0.2) is 5.96 Å². The molecule has 0 aromatic heterocycles. The Morgan fingerprint density at radius 1 is 1.37 bits per heavy atom. The molecule has 1 saturated carbocycles. The Balaban J connectivity index is 1.79. The van der Waals surface area contributed by atoms with Gasteiger partial charge in [-0.15, -0.1) is 0 Å². The van der Waals surface area contributed by atoms with Crippen LogP contribution in [0.4, 0.5) is 0 Å².